The van der Waals surface area contributed by atoms with Crippen molar-refractivity contribution >= 4 is 50.5 Å². The third kappa shape index (κ3) is 4.54. The van der Waals surface area contributed by atoms with Crippen LogP contribution in [0.25, 0.3) is 5.69 Å². The van der Waals surface area contributed by atoms with Crippen LogP contribution < -0.4 is 15.5 Å². The van der Waals surface area contributed by atoms with Crippen LogP contribution in [-0.2, 0) is 4.79 Å². The molecule has 2 atom stereocenters. The molecule has 0 bridgehead atoms. The second-order valence-electron chi connectivity index (χ2n) is 8.86. The van der Waals surface area contributed by atoms with E-state index in [1.54, 1.807) is 0 Å². The number of pyridine rings is 1. The number of aromatic nitrogens is 2. The Bertz CT molecular complexity index is 1420. The van der Waals surface area contributed by atoms with Crippen molar-refractivity contribution < 1.29 is 4.79 Å². The smallest absolute Gasteiger partial charge is 0.221 e. The summed E-state index contributed by atoms with van der Waals surface area (Å²) in [6.45, 7) is 5.78. The normalized spacial score (nSPS) is 17.2. The number of halogens is 1. The van der Waals surface area contributed by atoms with E-state index in [-0.39, 0.29) is 18.0 Å². The standard InChI is InChI=1S/C28H26BrN5OS/c1-17-16-24(18(2)33(17)22-11-7-20(29)8-12-22)27-26(25-6-4-5-15-30-25)32-28(36)34(27)23-13-9-21(10-14-23)31-19(3)35/h4-16,26-27H,1-3H3,(H,31,35)(H,32,36)/t26-,27-/m1/s1. The van der Waals surface area contributed by atoms with Gasteiger partial charge in [-0.25, -0.2) is 0 Å². The number of aryl methyl sites for hydroxylation is 1. The van der Waals surface area contributed by atoms with Gasteiger partial charge in [0.05, 0.1) is 17.8 Å². The van der Waals surface area contributed by atoms with Gasteiger partial charge in [-0.3, -0.25) is 9.78 Å². The van der Waals surface area contributed by atoms with E-state index < -0.39 is 0 Å². The lowest BCUT2D eigenvalue weighted by atomic mass is 9.96. The van der Waals surface area contributed by atoms with Crippen molar-refractivity contribution in [3.8, 4) is 5.69 Å². The first kappa shape index (κ1) is 24.2. The molecule has 3 heterocycles. The average molecular weight is 561 g/mol. The van der Waals surface area contributed by atoms with Gasteiger partial charge in [-0.2, -0.15) is 0 Å². The van der Waals surface area contributed by atoms with Crippen LogP contribution in [0.3, 0.4) is 0 Å². The highest BCUT2D eigenvalue weighted by atomic mass is 79.9. The Morgan fingerprint density at radius 1 is 1.03 bits per heavy atom. The molecule has 2 aromatic heterocycles. The SMILES string of the molecule is CC(=O)Nc1ccc(N2C(=S)N[C@H](c3ccccn3)[C@H]2c2cc(C)n(-c3ccc(Br)cc3)c2C)cc1. The van der Waals surface area contributed by atoms with E-state index in [1.807, 2.05) is 48.7 Å². The average Bonchev–Trinajstić information content (AvgIpc) is 3.35. The number of nitrogens with one attached hydrogen (secondary N) is 2. The molecule has 8 heteroatoms. The molecule has 2 N–H and O–H groups in total. The van der Waals surface area contributed by atoms with Gasteiger partial charge in [0.1, 0.15) is 0 Å². The van der Waals surface area contributed by atoms with Gasteiger partial charge >= 0.3 is 0 Å². The highest BCUT2D eigenvalue weighted by Crippen LogP contribution is 2.44. The van der Waals surface area contributed by atoms with Crippen molar-refractivity contribution in [2.24, 2.45) is 0 Å². The number of carbonyl (C=O) groups is 1. The summed E-state index contributed by atoms with van der Waals surface area (Å²) in [6, 6.07) is 24.1. The van der Waals surface area contributed by atoms with Gasteiger partial charge in [0, 0.05) is 46.0 Å². The van der Waals surface area contributed by atoms with Gasteiger partial charge < -0.3 is 20.1 Å². The Morgan fingerprint density at radius 3 is 2.36 bits per heavy atom. The third-order valence-electron chi connectivity index (χ3n) is 6.44. The molecule has 1 saturated heterocycles. The summed E-state index contributed by atoms with van der Waals surface area (Å²) >= 11 is 9.41. The fourth-order valence-corrected chi connectivity index (χ4v) is 5.54. The van der Waals surface area contributed by atoms with Crippen LogP contribution >= 0.6 is 28.1 Å². The quantitative estimate of drug-likeness (QED) is 0.277. The number of nitrogens with zero attached hydrogens (tertiary/aromatic N) is 3. The Morgan fingerprint density at radius 2 is 1.72 bits per heavy atom. The van der Waals surface area contributed by atoms with Crippen LogP contribution in [0, 0.1) is 13.8 Å². The number of thiocarbonyl (C=S) groups is 1. The molecule has 1 aliphatic heterocycles. The lowest BCUT2D eigenvalue weighted by molar-refractivity contribution is -0.114. The summed E-state index contributed by atoms with van der Waals surface area (Å²) in [5.41, 5.74) is 7.18. The number of amides is 1. The van der Waals surface area contributed by atoms with Crippen LogP contribution in [0.15, 0.2) is 83.5 Å². The molecule has 5 rings (SSSR count). The topological polar surface area (TPSA) is 62.2 Å². The van der Waals surface area contributed by atoms with Crippen molar-refractivity contribution in [2.45, 2.75) is 32.9 Å². The monoisotopic (exact) mass is 559 g/mol. The van der Waals surface area contributed by atoms with E-state index in [1.165, 1.54) is 12.5 Å². The first-order chi connectivity index (χ1) is 17.3. The van der Waals surface area contributed by atoms with E-state index in [0.717, 1.165) is 38.6 Å². The maximum atomic E-state index is 11.5. The number of rotatable bonds is 5. The van der Waals surface area contributed by atoms with E-state index >= 15 is 0 Å². The summed E-state index contributed by atoms with van der Waals surface area (Å²) in [4.78, 5) is 18.3. The van der Waals surface area contributed by atoms with Crippen LogP contribution in [0.2, 0.25) is 0 Å². The van der Waals surface area contributed by atoms with E-state index in [9.17, 15) is 4.79 Å². The Kier molecular flexibility index (Phi) is 6.64. The van der Waals surface area contributed by atoms with E-state index in [4.69, 9.17) is 12.2 Å². The largest absolute Gasteiger partial charge is 0.351 e. The molecule has 182 valence electrons. The molecule has 6 nitrogen and oxygen atoms in total. The molecule has 2 aromatic carbocycles. The summed E-state index contributed by atoms with van der Waals surface area (Å²) in [5, 5.41) is 6.99. The van der Waals surface area contributed by atoms with Crippen molar-refractivity contribution in [1.82, 2.24) is 14.9 Å². The van der Waals surface area contributed by atoms with Crippen LogP contribution in [0.5, 0.6) is 0 Å². The van der Waals surface area contributed by atoms with Crippen molar-refractivity contribution in [3.63, 3.8) is 0 Å². The number of anilines is 2. The zero-order valence-corrected chi connectivity index (χ0v) is 22.6. The van der Waals surface area contributed by atoms with Crippen LogP contribution in [0.1, 0.15) is 41.7 Å². The molecule has 4 aromatic rings. The van der Waals surface area contributed by atoms with Crippen molar-refractivity contribution in [2.75, 3.05) is 10.2 Å². The highest BCUT2D eigenvalue weighted by Gasteiger charge is 2.42. The van der Waals surface area contributed by atoms with Gasteiger partial charge in [0.2, 0.25) is 5.91 Å². The summed E-state index contributed by atoms with van der Waals surface area (Å²) in [5.74, 6) is -0.102. The summed E-state index contributed by atoms with van der Waals surface area (Å²) in [6.07, 6.45) is 1.81. The lowest BCUT2D eigenvalue weighted by Gasteiger charge is -2.28. The Hall–Kier alpha value is -3.49. The minimum absolute atomic E-state index is 0.102. The van der Waals surface area contributed by atoms with Crippen molar-refractivity contribution in [1.29, 1.82) is 0 Å². The molecule has 0 saturated carbocycles. The number of benzene rings is 2. The van der Waals surface area contributed by atoms with Gasteiger partial charge in [-0.1, -0.05) is 22.0 Å². The molecule has 0 spiro atoms. The third-order valence-corrected chi connectivity index (χ3v) is 7.28. The van der Waals surface area contributed by atoms with E-state index in [0.29, 0.717) is 5.11 Å². The van der Waals surface area contributed by atoms with Crippen LogP contribution in [0.4, 0.5) is 11.4 Å². The molecule has 0 aliphatic carbocycles. The molecular weight excluding hydrogens is 534 g/mol. The summed E-state index contributed by atoms with van der Waals surface area (Å²) in [7, 11) is 0. The zero-order valence-electron chi connectivity index (χ0n) is 20.2. The minimum Gasteiger partial charge on any atom is -0.351 e. The molecule has 1 amide bonds. The molecule has 36 heavy (non-hydrogen) atoms. The minimum atomic E-state index is -0.132. The molecule has 0 unspecified atom stereocenters. The van der Waals surface area contributed by atoms with Gasteiger partial charge in [-0.15, -0.1) is 0 Å². The Labute approximate surface area is 224 Å². The maximum Gasteiger partial charge on any atom is 0.221 e. The summed E-state index contributed by atoms with van der Waals surface area (Å²) < 4.78 is 3.32. The first-order valence-electron chi connectivity index (χ1n) is 11.7. The van der Waals surface area contributed by atoms with E-state index in [2.05, 4.69) is 85.2 Å². The second-order valence-corrected chi connectivity index (χ2v) is 10.2. The van der Waals surface area contributed by atoms with Crippen LogP contribution in [-0.4, -0.2) is 20.6 Å². The molecular formula is C28H26BrN5OS. The number of carbonyl (C=O) groups excluding carboxylic acids is 1. The van der Waals surface area contributed by atoms with Gasteiger partial charge in [0.25, 0.3) is 0 Å². The fourth-order valence-electron chi connectivity index (χ4n) is 4.93. The molecule has 1 fully saturated rings. The van der Waals surface area contributed by atoms with Gasteiger partial charge in [0.15, 0.2) is 5.11 Å². The first-order valence-corrected chi connectivity index (χ1v) is 12.9. The predicted molar refractivity (Wildman–Crippen MR) is 152 cm³/mol. The van der Waals surface area contributed by atoms with Gasteiger partial charge in [-0.05, 0) is 98.4 Å². The molecule has 0 radical (unpaired) electrons. The lowest BCUT2D eigenvalue weighted by Crippen LogP contribution is -2.29. The Balaban J connectivity index is 1.62. The fraction of sp³-hybridized carbons (Fsp3) is 0.179. The second kappa shape index (κ2) is 9.87. The highest BCUT2D eigenvalue weighted by molar-refractivity contribution is 9.10. The number of hydrogen-bond donors (Lipinski definition) is 2. The van der Waals surface area contributed by atoms with Crippen molar-refractivity contribution in [3.05, 3.63) is 106 Å². The molecule has 1 aliphatic rings. The maximum absolute atomic E-state index is 11.5. The zero-order chi connectivity index (χ0) is 25.4. The number of hydrogen-bond acceptors (Lipinski definition) is 3. The predicted octanol–water partition coefficient (Wildman–Crippen LogP) is 6.39.